The van der Waals surface area contributed by atoms with Crippen LogP contribution in [0.25, 0.3) is 0 Å². The predicted molar refractivity (Wildman–Crippen MR) is 219 cm³/mol. The Kier molecular flexibility index (Phi) is 34.5. The fourth-order valence-electron chi connectivity index (χ4n) is 6.92. The van der Waals surface area contributed by atoms with Gasteiger partial charge in [0.15, 0.2) is 6.29 Å². The standard InChI is InChI=1S/C44H85NO9/c1-3-5-7-9-11-13-15-17-18-19-20-21-23-25-27-29-31-33-52-36-45-37(35-53-44-43(51)42(50)41(49)39(34-46)54-44)40(48)38(47)32-30-28-26-24-22-16-14-12-10-8-6-4-2/h11,13,17-18,37-51H,3-10,12,14-16,19-36H2,1-2H3/b13-11-,18-17-/t37-,38+,39?,40-,41?,42?,43?,44?/m0/s1. The number of hydrogen-bond donors (Lipinski definition) is 7. The van der Waals surface area contributed by atoms with Crippen LogP contribution in [-0.2, 0) is 14.2 Å². The molecule has 0 aromatic heterocycles. The molecule has 10 heteroatoms. The molecule has 0 saturated carbocycles. The Morgan fingerprint density at radius 1 is 0.611 bits per heavy atom. The maximum Gasteiger partial charge on any atom is 0.186 e. The van der Waals surface area contributed by atoms with Gasteiger partial charge in [-0.1, -0.05) is 160 Å². The SMILES string of the molecule is CCCCC/C=C\C/C=C\CCCCCCCCCOCN[C@@H](COC1OC(CO)C(O)C(O)C1O)[C@H](O)[C@H](O)CCCCCCCCCCCCCC. The zero-order chi connectivity index (χ0) is 39.5. The summed E-state index contributed by atoms with van der Waals surface area (Å²) in [5, 5.41) is 65.3. The quantitative estimate of drug-likeness (QED) is 0.0188. The van der Waals surface area contributed by atoms with Crippen molar-refractivity contribution in [3.8, 4) is 0 Å². The molecular weight excluding hydrogens is 686 g/mol. The maximum atomic E-state index is 11.1. The van der Waals surface area contributed by atoms with Gasteiger partial charge in [-0.3, -0.25) is 5.32 Å². The first-order valence-electron chi connectivity index (χ1n) is 22.3. The lowest BCUT2D eigenvalue weighted by molar-refractivity contribution is -0.303. The fraction of sp³-hybridized carbons (Fsp3) is 0.909. The number of hydrogen-bond acceptors (Lipinski definition) is 10. The Morgan fingerprint density at radius 3 is 1.69 bits per heavy atom. The van der Waals surface area contributed by atoms with E-state index in [1.54, 1.807) is 0 Å². The van der Waals surface area contributed by atoms with Gasteiger partial charge in [0, 0.05) is 6.61 Å². The van der Waals surface area contributed by atoms with Gasteiger partial charge >= 0.3 is 0 Å². The van der Waals surface area contributed by atoms with E-state index in [2.05, 4.69) is 43.5 Å². The first kappa shape index (κ1) is 51.1. The van der Waals surface area contributed by atoms with Gasteiger partial charge in [-0.25, -0.2) is 0 Å². The molecular formula is C44H85NO9. The summed E-state index contributed by atoms with van der Waals surface area (Å²) in [6.45, 7) is 4.48. The van der Waals surface area contributed by atoms with Gasteiger partial charge in [0.2, 0.25) is 0 Å². The lowest BCUT2D eigenvalue weighted by atomic mass is 9.98. The zero-order valence-electron chi connectivity index (χ0n) is 34.5. The van der Waals surface area contributed by atoms with Crippen LogP contribution in [0.1, 0.15) is 181 Å². The largest absolute Gasteiger partial charge is 0.394 e. The van der Waals surface area contributed by atoms with Crippen molar-refractivity contribution >= 4 is 0 Å². The third-order valence-electron chi connectivity index (χ3n) is 10.6. The highest BCUT2D eigenvalue weighted by Crippen LogP contribution is 2.23. The summed E-state index contributed by atoms with van der Waals surface area (Å²) in [6.07, 6.45) is 30.6. The lowest BCUT2D eigenvalue weighted by Crippen LogP contribution is -2.60. The van der Waals surface area contributed by atoms with Crippen LogP contribution >= 0.6 is 0 Å². The first-order valence-corrected chi connectivity index (χ1v) is 22.3. The molecule has 8 atom stereocenters. The van der Waals surface area contributed by atoms with Crippen LogP contribution in [0.3, 0.4) is 0 Å². The van der Waals surface area contributed by atoms with E-state index in [9.17, 15) is 30.6 Å². The van der Waals surface area contributed by atoms with Crippen molar-refractivity contribution in [1.29, 1.82) is 0 Å². The highest BCUT2D eigenvalue weighted by atomic mass is 16.7. The van der Waals surface area contributed by atoms with Crippen LogP contribution in [0, 0.1) is 0 Å². The molecule has 0 aromatic carbocycles. The number of aliphatic hydroxyl groups is 6. The molecule has 1 heterocycles. The molecule has 1 aliphatic rings. The lowest BCUT2D eigenvalue weighted by Gasteiger charge is -2.40. The van der Waals surface area contributed by atoms with E-state index in [4.69, 9.17) is 14.2 Å². The van der Waals surface area contributed by atoms with Crippen molar-refractivity contribution in [2.75, 3.05) is 26.6 Å². The van der Waals surface area contributed by atoms with Crippen LogP contribution in [0.2, 0.25) is 0 Å². The van der Waals surface area contributed by atoms with E-state index in [1.807, 2.05) is 0 Å². The average Bonchev–Trinajstić information content (AvgIpc) is 3.18. The van der Waals surface area contributed by atoms with E-state index >= 15 is 0 Å². The van der Waals surface area contributed by atoms with Crippen molar-refractivity contribution in [1.82, 2.24) is 5.32 Å². The van der Waals surface area contributed by atoms with Gasteiger partial charge in [0.05, 0.1) is 38.2 Å². The molecule has 0 spiro atoms. The molecule has 0 bridgehead atoms. The molecule has 1 aliphatic heterocycles. The average molecular weight is 772 g/mol. The van der Waals surface area contributed by atoms with Crippen LogP contribution in [0.5, 0.6) is 0 Å². The molecule has 5 unspecified atom stereocenters. The molecule has 0 radical (unpaired) electrons. The van der Waals surface area contributed by atoms with Gasteiger partial charge < -0.3 is 44.8 Å². The molecule has 320 valence electrons. The predicted octanol–water partition coefficient (Wildman–Crippen LogP) is 7.75. The Balaban J connectivity index is 2.33. The first-order chi connectivity index (χ1) is 26.4. The van der Waals surface area contributed by atoms with Crippen LogP contribution < -0.4 is 5.32 Å². The van der Waals surface area contributed by atoms with Gasteiger partial charge in [0.1, 0.15) is 24.4 Å². The van der Waals surface area contributed by atoms with E-state index in [0.717, 1.165) is 44.9 Å². The maximum absolute atomic E-state index is 11.1. The minimum Gasteiger partial charge on any atom is -0.394 e. The summed E-state index contributed by atoms with van der Waals surface area (Å²) in [6, 6.07) is -0.744. The van der Waals surface area contributed by atoms with E-state index < -0.39 is 55.6 Å². The Morgan fingerprint density at radius 2 is 1.11 bits per heavy atom. The third kappa shape index (κ3) is 26.1. The molecule has 7 N–H and O–H groups in total. The molecule has 10 nitrogen and oxygen atoms in total. The third-order valence-corrected chi connectivity index (χ3v) is 10.6. The number of nitrogens with one attached hydrogen (secondary N) is 1. The summed E-state index contributed by atoms with van der Waals surface area (Å²) >= 11 is 0. The van der Waals surface area contributed by atoms with Gasteiger partial charge in [0.25, 0.3) is 0 Å². The summed E-state index contributed by atoms with van der Waals surface area (Å²) < 4.78 is 17.0. The molecule has 54 heavy (non-hydrogen) atoms. The Hall–Kier alpha value is -0.920. The van der Waals surface area contributed by atoms with E-state index in [1.165, 1.54) is 116 Å². The minimum absolute atomic E-state index is 0.146. The minimum atomic E-state index is -1.56. The molecule has 0 amide bonds. The van der Waals surface area contributed by atoms with Crippen LogP contribution in [0.4, 0.5) is 0 Å². The van der Waals surface area contributed by atoms with Crippen molar-refractivity contribution in [2.45, 2.75) is 230 Å². The number of allylic oxidation sites excluding steroid dienone is 4. The summed E-state index contributed by atoms with van der Waals surface area (Å²) in [5.41, 5.74) is 0. The van der Waals surface area contributed by atoms with Crippen molar-refractivity contribution in [3.05, 3.63) is 24.3 Å². The van der Waals surface area contributed by atoms with Crippen molar-refractivity contribution in [3.63, 3.8) is 0 Å². The highest BCUT2D eigenvalue weighted by Gasteiger charge is 2.44. The van der Waals surface area contributed by atoms with Gasteiger partial charge in [-0.15, -0.1) is 0 Å². The summed E-state index contributed by atoms with van der Waals surface area (Å²) in [5.74, 6) is 0. The molecule has 0 aliphatic carbocycles. The van der Waals surface area contributed by atoms with Crippen LogP contribution in [-0.4, -0.2) is 106 Å². The van der Waals surface area contributed by atoms with Gasteiger partial charge in [-0.2, -0.15) is 0 Å². The highest BCUT2D eigenvalue weighted by molar-refractivity contribution is 4.93. The topological polar surface area (TPSA) is 161 Å². The smallest absolute Gasteiger partial charge is 0.186 e. The number of ether oxygens (including phenoxy) is 3. The number of aliphatic hydroxyl groups excluding tert-OH is 6. The second-order valence-corrected chi connectivity index (χ2v) is 15.6. The molecule has 1 saturated heterocycles. The summed E-state index contributed by atoms with van der Waals surface area (Å²) in [7, 11) is 0. The zero-order valence-corrected chi connectivity index (χ0v) is 34.5. The molecule has 1 rings (SSSR count). The van der Waals surface area contributed by atoms with E-state index in [-0.39, 0.29) is 13.3 Å². The normalized spacial score (nSPS) is 22.4. The number of unbranched alkanes of at least 4 members (excludes halogenated alkanes) is 21. The van der Waals surface area contributed by atoms with Gasteiger partial charge in [-0.05, 0) is 44.9 Å². The molecule has 1 fully saturated rings. The van der Waals surface area contributed by atoms with Crippen molar-refractivity contribution in [2.24, 2.45) is 0 Å². The molecule has 0 aromatic rings. The fourth-order valence-corrected chi connectivity index (χ4v) is 6.92. The van der Waals surface area contributed by atoms with Crippen molar-refractivity contribution < 1.29 is 44.8 Å². The number of rotatable bonds is 38. The monoisotopic (exact) mass is 772 g/mol. The summed E-state index contributed by atoms with van der Waals surface area (Å²) in [4.78, 5) is 0. The van der Waals surface area contributed by atoms with E-state index in [0.29, 0.717) is 13.0 Å². The Bertz CT molecular complexity index is 860. The van der Waals surface area contributed by atoms with Crippen LogP contribution in [0.15, 0.2) is 24.3 Å². The second-order valence-electron chi connectivity index (χ2n) is 15.6. The Labute approximate surface area is 330 Å². The second kappa shape index (κ2) is 36.4.